The fourth-order valence-corrected chi connectivity index (χ4v) is 2.76. The third-order valence-electron chi connectivity index (χ3n) is 3.97. The summed E-state index contributed by atoms with van der Waals surface area (Å²) in [6.07, 6.45) is 1.86. The molecule has 0 atom stereocenters. The van der Waals surface area contributed by atoms with Crippen molar-refractivity contribution in [1.82, 2.24) is 14.9 Å². The molecule has 2 aliphatic heterocycles. The molecule has 0 saturated carbocycles. The van der Waals surface area contributed by atoms with Crippen LogP contribution < -0.4 is 5.01 Å². The van der Waals surface area contributed by atoms with Crippen LogP contribution in [0.2, 0.25) is 0 Å². The van der Waals surface area contributed by atoms with E-state index in [2.05, 4.69) is 26.0 Å². The molecule has 0 aromatic carbocycles. The number of anilines is 1. The summed E-state index contributed by atoms with van der Waals surface area (Å²) in [5.41, 5.74) is 0. The van der Waals surface area contributed by atoms with Crippen LogP contribution in [0.3, 0.4) is 0 Å². The van der Waals surface area contributed by atoms with Gasteiger partial charge >= 0.3 is 0 Å². The van der Waals surface area contributed by atoms with Crippen molar-refractivity contribution in [1.29, 1.82) is 0 Å². The average molecular weight is 292 g/mol. The summed E-state index contributed by atoms with van der Waals surface area (Å²) in [4.78, 5) is 6.98. The number of hydrazine groups is 1. The molecule has 0 spiro atoms. The standard InChI is InChI=1S/C15H24N4O2/c1-2-4-16-15(3-1)19(18-9-13-21-14-10-18)6-5-17-7-11-20-12-8-17/h1-4H,5-14H2. The van der Waals surface area contributed by atoms with E-state index in [0.717, 1.165) is 71.5 Å². The maximum absolute atomic E-state index is 5.46. The number of nitrogens with zero attached hydrogens (tertiary/aromatic N) is 4. The van der Waals surface area contributed by atoms with Crippen molar-refractivity contribution in [3.8, 4) is 0 Å². The minimum atomic E-state index is 0.793. The lowest BCUT2D eigenvalue weighted by molar-refractivity contribution is 0.0222. The van der Waals surface area contributed by atoms with Gasteiger partial charge in [0.2, 0.25) is 0 Å². The first-order valence-electron chi connectivity index (χ1n) is 7.75. The topological polar surface area (TPSA) is 41.1 Å². The van der Waals surface area contributed by atoms with Crippen molar-refractivity contribution in [3.63, 3.8) is 0 Å². The Balaban J connectivity index is 1.63. The van der Waals surface area contributed by atoms with E-state index in [-0.39, 0.29) is 0 Å². The van der Waals surface area contributed by atoms with E-state index in [1.165, 1.54) is 0 Å². The predicted octanol–water partition coefficient (Wildman–Crippen LogP) is 0.467. The highest BCUT2D eigenvalue weighted by molar-refractivity contribution is 5.36. The third-order valence-corrected chi connectivity index (χ3v) is 3.97. The molecular formula is C15H24N4O2. The van der Waals surface area contributed by atoms with E-state index >= 15 is 0 Å². The molecule has 0 N–H and O–H groups in total. The monoisotopic (exact) mass is 292 g/mol. The molecular weight excluding hydrogens is 268 g/mol. The lowest BCUT2D eigenvalue weighted by Crippen LogP contribution is -2.52. The van der Waals surface area contributed by atoms with E-state index < -0.39 is 0 Å². The van der Waals surface area contributed by atoms with Gasteiger partial charge in [-0.1, -0.05) is 6.07 Å². The average Bonchev–Trinajstić information content (AvgIpc) is 2.58. The second-order valence-electron chi connectivity index (χ2n) is 5.33. The van der Waals surface area contributed by atoms with E-state index in [1.54, 1.807) is 0 Å². The molecule has 6 nitrogen and oxygen atoms in total. The Morgan fingerprint density at radius 3 is 2.38 bits per heavy atom. The largest absolute Gasteiger partial charge is 0.379 e. The summed E-state index contributed by atoms with van der Waals surface area (Å²) in [6, 6.07) is 6.09. The highest BCUT2D eigenvalue weighted by atomic mass is 16.5. The van der Waals surface area contributed by atoms with Crippen LogP contribution in [-0.4, -0.2) is 80.6 Å². The molecule has 3 heterocycles. The zero-order valence-corrected chi connectivity index (χ0v) is 12.5. The molecule has 1 aromatic heterocycles. The van der Waals surface area contributed by atoms with Crippen molar-refractivity contribution in [2.24, 2.45) is 0 Å². The molecule has 0 radical (unpaired) electrons. The summed E-state index contributed by atoms with van der Waals surface area (Å²) in [5, 5.41) is 4.66. The van der Waals surface area contributed by atoms with Crippen LogP contribution >= 0.6 is 0 Å². The number of aromatic nitrogens is 1. The van der Waals surface area contributed by atoms with Gasteiger partial charge < -0.3 is 9.47 Å². The number of pyridine rings is 1. The molecule has 2 saturated heterocycles. The number of morpholine rings is 2. The Morgan fingerprint density at radius 2 is 1.71 bits per heavy atom. The van der Waals surface area contributed by atoms with Crippen molar-refractivity contribution in [2.45, 2.75) is 0 Å². The zero-order valence-electron chi connectivity index (χ0n) is 12.5. The summed E-state index contributed by atoms with van der Waals surface area (Å²) in [7, 11) is 0. The van der Waals surface area contributed by atoms with Gasteiger partial charge in [0.1, 0.15) is 5.82 Å². The van der Waals surface area contributed by atoms with E-state index in [0.29, 0.717) is 0 Å². The van der Waals surface area contributed by atoms with E-state index in [4.69, 9.17) is 9.47 Å². The summed E-state index contributed by atoms with van der Waals surface area (Å²) < 4.78 is 10.9. The van der Waals surface area contributed by atoms with Gasteiger partial charge in [-0.05, 0) is 12.1 Å². The molecule has 0 aliphatic carbocycles. The molecule has 3 rings (SSSR count). The van der Waals surface area contributed by atoms with E-state index in [1.807, 2.05) is 18.3 Å². The maximum atomic E-state index is 5.46. The summed E-state index contributed by atoms with van der Waals surface area (Å²) >= 11 is 0. The first-order valence-corrected chi connectivity index (χ1v) is 7.75. The van der Waals surface area contributed by atoms with Crippen LogP contribution in [0, 0.1) is 0 Å². The van der Waals surface area contributed by atoms with Gasteiger partial charge in [-0.15, -0.1) is 0 Å². The number of hydrogen-bond acceptors (Lipinski definition) is 6. The zero-order chi connectivity index (χ0) is 14.3. The normalized spacial score (nSPS) is 21.3. The maximum Gasteiger partial charge on any atom is 0.142 e. The van der Waals surface area contributed by atoms with Crippen molar-refractivity contribution in [2.75, 3.05) is 70.7 Å². The van der Waals surface area contributed by atoms with Crippen molar-refractivity contribution >= 4 is 5.82 Å². The van der Waals surface area contributed by atoms with Gasteiger partial charge in [0, 0.05) is 45.5 Å². The molecule has 116 valence electrons. The van der Waals surface area contributed by atoms with Crippen LogP contribution in [0.5, 0.6) is 0 Å². The minimum absolute atomic E-state index is 0.793. The Labute approximate surface area is 126 Å². The van der Waals surface area contributed by atoms with Gasteiger partial charge in [0.25, 0.3) is 0 Å². The second kappa shape index (κ2) is 7.70. The van der Waals surface area contributed by atoms with Crippen molar-refractivity contribution in [3.05, 3.63) is 24.4 Å². The summed E-state index contributed by atoms with van der Waals surface area (Å²) in [5.74, 6) is 1.02. The Kier molecular flexibility index (Phi) is 5.40. The number of ether oxygens (including phenoxy) is 2. The lowest BCUT2D eigenvalue weighted by Gasteiger charge is -2.39. The van der Waals surface area contributed by atoms with Gasteiger partial charge in [0.15, 0.2) is 0 Å². The number of hydrogen-bond donors (Lipinski definition) is 0. The predicted molar refractivity (Wildman–Crippen MR) is 81.2 cm³/mol. The van der Waals surface area contributed by atoms with Gasteiger partial charge in [0.05, 0.1) is 26.4 Å². The highest BCUT2D eigenvalue weighted by Crippen LogP contribution is 2.14. The quantitative estimate of drug-likeness (QED) is 0.786. The van der Waals surface area contributed by atoms with Gasteiger partial charge in [-0.3, -0.25) is 9.91 Å². The molecule has 2 fully saturated rings. The minimum Gasteiger partial charge on any atom is -0.379 e. The SMILES string of the molecule is c1ccc(N(CCN2CCOCC2)N2CCOCC2)nc1. The molecule has 0 bridgehead atoms. The molecule has 1 aromatic rings. The fraction of sp³-hybridized carbons (Fsp3) is 0.667. The Hall–Kier alpha value is -1.21. The van der Waals surface area contributed by atoms with Crippen molar-refractivity contribution < 1.29 is 9.47 Å². The molecule has 0 amide bonds. The van der Waals surface area contributed by atoms with Crippen LogP contribution in [0.25, 0.3) is 0 Å². The smallest absolute Gasteiger partial charge is 0.142 e. The van der Waals surface area contributed by atoms with Crippen LogP contribution in [0.15, 0.2) is 24.4 Å². The first-order chi connectivity index (χ1) is 10.4. The Morgan fingerprint density at radius 1 is 1.00 bits per heavy atom. The van der Waals surface area contributed by atoms with Gasteiger partial charge in [-0.25, -0.2) is 9.99 Å². The van der Waals surface area contributed by atoms with Crippen LogP contribution in [0.4, 0.5) is 5.82 Å². The number of rotatable bonds is 5. The molecule has 6 heteroatoms. The third kappa shape index (κ3) is 4.14. The molecule has 2 aliphatic rings. The van der Waals surface area contributed by atoms with Crippen LogP contribution in [-0.2, 0) is 9.47 Å². The van der Waals surface area contributed by atoms with Gasteiger partial charge in [-0.2, -0.15) is 0 Å². The van der Waals surface area contributed by atoms with E-state index in [9.17, 15) is 0 Å². The fourth-order valence-electron chi connectivity index (χ4n) is 2.76. The lowest BCUT2D eigenvalue weighted by atomic mass is 10.4. The molecule has 21 heavy (non-hydrogen) atoms. The first kappa shape index (κ1) is 14.7. The Bertz CT molecular complexity index is 405. The molecule has 0 unspecified atom stereocenters. The van der Waals surface area contributed by atoms with Crippen LogP contribution in [0.1, 0.15) is 0 Å². The summed E-state index contributed by atoms with van der Waals surface area (Å²) in [6.45, 7) is 9.19. The highest BCUT2D eigenvalue weighted by Gasteiger charge is 2.21. The second-order valence-corrected chi connectivity index (χ2v) is 5.33.